The number of carbonyl (C=O) groups excluding carboxylic acids is 1. The smallest absolute Gasteiger partial charge is 0.303 e. The molecule has 35 heavy (non-hydrogen) atoms. The van der Waals surface area contributed by atoms with Gasteiger partial charge in [-0.25, -0.2) is 0 Å². The van der Waals surface area contributed by atoms with Gasteiger partial charge < -0.3 is 19.7 Å². The zero-order chi connectivity index (χ0) is 25.2. The van der Waals surface area contributed by atoms with Crippen molar-refractivity contribution in [2.45, 2.75) is 136 Å². The van der Waals surface area contributed by atoms with E-state index in [-0.39, 0.29) is 29.7 Å². The van der Waals surface area contributed by atoms with Gasteiger partial charge in [-0.1, -0.05) is 20.8 Å². The van der Waals surface area contributed by atoms with E-state index in [0.29, 0.717) is 34.0 Å². The molecule has 0 aromatic heterocycles. The Morgan fingerprint density at radius 2 is 1.69 bits per heavy atom. The highest BCUT2D eigenvalue weighted by Gasteiger charge is 2.80. The predicted octanol–water partition coefficient (Wildman–Crippen LogP) is 5.26. The third kappa shape index (κ3) is 3.19. The number of aliphatic hydroxyl groups excluding tert-OH is 1. The summed E-state index contributed by atoms with van der Waals surface area (Å²) in [6.07, 6.45) is 11.1. The number of esters is 1. The molecule has 0 amide bonds. The van der Waals surface area contributed by atoms with Crippen LogP contribution in [0.25, 0.3) is 0 Å². The molecule has 1 heterocycles. The van der Waals surface area contributed by atoms with E-state index in [0.717, 1.165) is 31.6 Å². The molecule has 6 aliphatic rings. The monoisotopic (exact) mass is 488 g/mol. The first-order valence-corrected chi connectivity index (χ1v) is 14.5. The van der Waals surface area contributed by atoms with Crippen molar-refractivity contribution in [1.29, 1.82) is 0 Å². The molecule has 5 aliphatic carbocycles. The van der Waals surface area contributed by atoms with Crippen LogP contribution in [0.3, 0.4) is 0 Å². The normalized spacial score (nSPS) is 52.7. The lowest BCUT2D eigenvalue weighted by molar-refractivity contribution is -0.200. The van der Waals surface area contributed by atoms with Crippen molar-refractivity contribution in [3.8, 4) is 0 Å². The van der Waals surface area contributed by atoms with E-state index in [1.165, 1.54) is 45.4 Å². The Labute approximate surface area is 211 Å². The molecule has 0 bridgehead atoms. The topological polar surface area (TPSA) is 76.0 Å². The van der Waals surface area contributed by atoms with Gasteiger partial charge in [-0.15, -0.1) is 0 Å². The van der Waals surface area contributed by atoms with Gasteiger partial charge in [-0.2, -0.15) is 0 Å². The van der Waals surface area contributed by atoms with Crippen molar-refractivity contribution >= 4 is 5.97 Å². The maximum atomic E-state index is 11.8. The van der Waals surface area contributed by atoms with Crippen molar-refractivity contribution < 1.29 is 24.5 Å². The van der Waals surface area contributed by atoms with Gasteiger partial charge in [-0.05, 0) is 123 Å². The zero-order valence-corrected chi connectivity index (χ0v) is 22.8. The predicted molar refractivity (Wildman–Crippen MR) is 133 cm³/mol. The first-order chi connectivity index (χ1) is 16.3. The Balaban J connectivity index is 1.24. The minimum absolute atomic E-state index is 0.0380. The van der Waals surface area contributed by atoms with Crippen molar-refractivity contribution in [2.75, 3.05) is 0 Å². The highest BCUT2D eigenvalue weighted by atomic mass is 16.6. The second-order valence-electron chi connectivity index (χ2n) is 15.0. The number of hydrogen-bond acceptors (Lipinski definition) is 5. The molecular formula is C30H48O5. The molecule has 11 atom stereocenters. The highest BCUT2D eigenvalue weighted by Crippen LogP contribution is 2.87. The van der Waals surface area contributed by atoms with Crippen LogP contribution in [0.15, 0.2) is 0 Å². The first-order valence-electron chi connectivity index (χ1n) is 14.5. The molecule has 0 aromatic carbocycles. The third-order valence-electron chi connectivity index (χ3n) is 12.9. The van der Waals surface area contributed by atoms with Gasteiger partial charge in [0.2, 0.25) is 0 Å². The maximum Gasteiger partial charge on any atom is 0.303 e. The fourth-order valence-corrected chi connectivity index (χ4v) is 11.3. The van der Waals surface area contributed by atoms with Gasteiger partial charge >= 0.3 is 5.97 Å². The van der Waals surface area contributed by atoms with Gasteiger partial charge in [0.1, 0.15) is 0 Å². The molecule has 0 aromatic rings. The van der Waals surface area contributed by atoms with Crippen LogP contribution >= 0.6 is 0 Å². The lowest BCUT2D eigenvalue weighted by Gasteiger charge is -2.59. The van der Waals surface area contributed by atoms with Crippen LogP contribution in [0, 0.1) is 45.3 Å². The Bertz CT molecular complexity index is 892. The van der Waals surface area contributed by atoms with Gasteiger partial charge in [0, 0.05) is 6.92 Å². The first kappa shape index (κ1) is 24.7. The molecule has 0 radical (unpaired) electrons. The van der Waals surface area contributed by atoms with Crippen LogP contribution in [0.5, 0.6) is 0 Å². The molecule has 198 valence electrons. The van der Waals surface area contributed by atoms with Crippen molar-refractivity contribution in [3.63, 3.8) is 0 Å². The minimum Gasteiger partial charge on any atom is -0.457 e. The van der Waals surface area contributed by atoms with E-state index < -0.39 is 11.7 Å². The van der Waals surface area contributed by atoms with Gasteiger partial charge in [-0.3, -0.25) is 4.79 Å². The molecule has 5 heteroatoms. The van der Waals surface area contributed by atoms with Crippen molar-refractivity contribution in [2.24, 2.45) is 45.3 Å². The molecule has 6 fully saturated rings. The van der Waals surface area contributed by atoms with Gasteiger partial charge in [0.25, 0.3) is 0 Å². The Hall–Kier alpha value is -0.650. The SMILES string of the molecule is CC(=O)O[C@@H](C1CCC2C(CC3C4CCC5C(C)(C)[C@@H](O)CCC56CC46CC[C@]23C)O1)C(C)(C)O. The van der Waals surface area contributed by atoms with E-state index in [2.05, 4.69) is 20.8 Å². The van der Waals surface area contributed by atoms with E-state index in [4.69, 9.17) is 9.47 Å². The molecule has 1 aliphatic heterocycles. The van der Waals surface area contributed by atoms with Crippen LogP contribution in [-0.4, -0.2) is 46.2 Å². The lowest BCUT2D eigenvalue weighted by Crippen LogP contribution is -2.54. The molecule has 5 nitrogen and oxygen atoms in total. The molecule has 6 rings (SSSR count). The van der Waals surface area contributed by atoms with Crippen molar-refractivity contribution in [1.82, 2.24) is 0 Å². The maximum absolute atomic E-state index is 11.8. The van der Waals surface area contributed by atoms with E-state index in [1.807, 2.05) is 0 Å². The zero-order valence-electron chi connectivity index (χ0n) is 22.8. The van der Waals surface area contributed by atoms with Gasteiger partial charge in [0.15, 0.2) is 6.10 Å². The lowest BCUT2D eigenvalue weighted by atomic mass is 9.46. The second-order valence-corrected chi connectivity index (χ2v) is 15.0. The number of carbonyl (C=O) groups is 1. The second kappa shape index (κ2) is 7.47. The summed E-state index contributed by atoms with van der Waals surface area (Å²) >= 11 is 0. The van der Waals surface area contributed by atoms with Crippen LogP contribution in [-0.2, 0) is 14.3 Å². The number of hydrogen-bond donors (Lipinski definition) is 2. The summed E-state index contributed by atoms with van der Waals surface area (Å²) in [7, 11) is 0. The molecule has 2 N–H and O–H groups in total. The summed E-state index contributed by atoms with van der Waals surface area (Å²) in [5.41, 5.74) is 0.212. The summed E-state index contributed by atoms with van der Waals surface area (Å²) in [4.78, 5) is 11.8. The number of ether oxygens (including phenoxy) is 2. The Morgan fingerprint density at radius 1 is 0.971 bits per heavy atom. The number of aliphatic hydroxyl groups is 2. The summed E-state index contributed by atoms with van der Waals surface area (Å²) in [6, 6.07) is 0. The molecule has 5 saturated carbocycles. The molecular weight excluding hydrogens is 440 g/mol. The average Bonchev–Trinajstić information content (AvgIpc) is 3.34. The molecule has 8 unspecified atom stereocenters. The van der Waals surface area contributed by atoms with Crippen LogP contribution in [0.4, 0.5) is 0 Å². The number of fused-ring (bicyclic) bond motifs is 4. The summed E-state index contributed by atoms with van der Waals surface area (Å²) in [6.45, 7) is 12.1. The quantitative estimate of drug-likeness (QED) is 0.530. The highest BCUT2D eigenvalue weighted by molar-refractivity contribution is 5.66. The largest absolute Gasteiger partial charge is 0.457 e. The standard InChI is InChI=1S/C30H48O5/c1-17(31)34-25(27(4,5)33)21-9-7-19-22(35-21)15-20-18-8-10-23-26(2,3)24(32)11-12-30(23)16-29(18,30)14-13-28(19,20)6/h18-25,32-33H,7-16H2,1-6H3/t18?,19?,20?,21?,22?,23?,24-,25-,28+,29?,30?/m0/s1. The summed E-state index contributed by atoms with van der Waals surface area (Å²) in [5, 5.41) is 21.6. The molecule has 1 saturated heterocycles. The van der Waals surface area contributed by atoms with E-state index in [9.17, 15) is 15.0 Å². The fourth-order valence-electron chi connectivity index (χ4n) is 11.3. The Morgan fingerprint density at radius 3 is 2.37 bits per heavy atom. The third-order valence-corrected chi connectivity index (χ3v) is 12.9. The number of rotatable bonds is 3. The Kier molecular flexibility index (Phi) is 5.27. The average molecular weight is 489 g/mol. The fraction of sp³-hybridized carbons (Fsp3) is 0.967. The van der Waals surface area contributed by atoms with Crippen molar-refractivity contribution in [3.05, 3.63) is 0 Å². The van der Waals surface area contributed by atoms with E-state index in [1.54, 1.807) is 13.8 Å². The van der Waals surface area contributed by atoms with Crippen LogP contribution < -0.4 is 0 Å². The molecule has 2 spiro atoms. The summed E-state index contributed by atoms with van der Waals surface area (Å²) < 4.78 is 12.4. The van der Waals surface area contributed by atoms with Crippen LogP contribution in [0.1, 0.15) is 106 Å². The minimum atomic E-state index is -1.13. The van der Waals surface area contributed by atoms with Crippen LogP contribution in [0.2, 0.25) is 0 Å². The van der Waals surface area contributed by atoms with E-state index >= 15 is 0 Å². The van der Waals surface area contributed by atoms with Gasteiger partial charge in [0.05, 0.1) is 23.9 Å². The summed E-state index contributed by atoms with van der Waals surface area (Å²) in [5.74, 6) is 2.37.